The molecule has 1 N–H and O–H groups in total. The zero-order valence-electron chi connectivity index (χ0n) is 11.0. The Morgan fingerprint density at radius 2 is 2.21 bits per heavy atom. The number of ether oxygens (including phenoxy) is 3. The lowest BCUT2D eigenvalue weighted by molar-refractivity contribution is -0.164. The van der Waals surface area contributed by atoms with Crippen molar-refractivity contribution >= 4 is 5.84 Å². The Hall–Kier alpha value is -1.75. The van der Waals surface area contributed by atoms with E-state index in [1.54, 1.807) is 0 Å². The van der Waals surface area contributed by atoms with Crippen LogP contribution in [0.15, 0.2) is 29.3 Å². The van der Waals surface area contributed by atoms with Gasteiger partial charge < -0.3 is 19.5 Å². The first-order valence-corrected chi connectivity index (χ1v) is 6.68. The molecule has 0 saturated carbocycles. The number of para-hydroxylation sites is 2. The van der Waals surface area contributed by atoms with E-state index < -0.39 is 5.79 Å². The van der Waals surface area contributed by atoms with Gasteiger partial charge in [-0.15, -0.1) is 0 Å². The van der Waals surface area contributed by atoms with Gasteiger partial charge in [-0.2, -0.15) is 0 Å². The van der Waals surface area contributed by atoms with Gasteiger partial charge >= 0.3 is 5.79 Å². The summed E-state index contributed by atoms with van der Waals surface area (Å²) < 4.78 is 17.8. The molecule has 19 heavy (non-hydrogen) atoms. The van der Waals surface area contributed by atoms with Crippen molar-refractivity contribution in [2.75, 3.05) is 26.3 Å². The van der Waals surface area contributed by atoms with Crippen molar-refractivity contribution in [3.8, 4) is 11.5 Å². The maximum absolute atomic E-state index is 6.07. The number of aliphatic imine (C=N–C) groups is 1. The van der Waals surface area contributed by atoms with Crippen LogP contribution in [-0.4, -0.2) is 37.9 Å². The van der Waals surface area contributed by atoms with Crippen molar-refractivity contribution < 1.29 is 14.2 Å². The van der Waals surface area contributed by atoms with E-state index >= 15 is 0 Å². The van der Waals surface area contributed by atoms with Crippen LogP contribution in [0.5, 0.6) is 11.5 Å². The molecule has 0 bridgehead atoms. The first kappa shape index (κ1) is 12.3. The third kappa shape index (κ3) is 2.26. The molecule has 0 spiro atoms. The van der Waals surface area contributed by atoms with Crippen LogP contribution < -0.4 is 14.8 Å². The minimum Gasteiger partial charge on any atom is -0.482 e. The molecule has 0 radical (unpaired) electrons. The first-order valence-electron chi connectivity index (χ1n) is 6.68. The molecule has 1 unspecified atom stereocenters. The Morgan fingerprint density at radius 1 is 1.37 bits per heavy atom. The van der Waals surface area contributed by atoms with E-state index in [0.29, 0.717) is 19.0 Å². The molecule has 5 nitrogen and oxygen atoms in total. The number of hydrogen-bond donors (Lipinski definition) is 1. The molecule has 1 atom stereocenters. The van der Waals surface area contributed by atoms with E-state index in [1.165, 1.54) is 0 Å². The van der Waals surface area contributed by atoms with Crippen molar-refractivity contribution in [3.63, 3.8) is 0 Å². The van der Waals surface area contributed by atoms with Gasteiger partial charge in [0.15, 0.2) is 23.9 Å². The van der Waals surface area contributed by atoms with Gasteiger partial charge in [-0.3, -0.25) is 4.99 Å². The van der Waals surface area contributed by atoms with Crippen molar-refractivity contribution in [2.24, 2.45) is 4.99 Å². The fourth-order valence-electron chi connectivity index (χ4n) is 2.21. The molecular weight excluding hydrogens is 244 g/mol. The molecule has 2 aliphatic heterocycles. The third-order valence-electron chi connectivity index (χ3n) is 3.12. The maximum Gasteiger partial charge on any atom is 0.304 e. The summed E-state index contributed by atoms with van der Waals surface area (Å²) in [6.45, 7) is 4.55. The molecule has 2 aliphatic rings. The molecule has 102 valence electrons. The highest BCUT2D eigenvalue weighted by Gasteiger charge is 2.45. The van der Waals surface area contributed by atoms with Gasteiger partial charge in [0.05, 0.1) is 13.2 Å². The average Bonchev–Trinajstić information content (AvgIpc) is 3.00. The molecule has 3 rings (SSSR count). The van der Waals surface area contributed by atoms with Crippen molar-refractivity contribution in [1.82, 2.24) is 5.32 Å². The zero-order chi connectivity index (χ0) is 13.1. The second kappa shape index (κ2) is 5.09. The van der Waals surface area contributed by atoms with E-state index in [9.17, 15) is 0 Å². The molecule has 0 aromatic heterocycles. The highest BCUT2D eigenvalue weighted by molar-refractivity contribution is 5.91. The van der Waals surface area contributed by atoms with E-state index in [1.807, 2.05) is 24.3 Å². The molecule has 0 saturated heterocycles. The summed E-state index contributed by atoms with van der Waals surface area (Å²) in [5, 5.41) is 3.23. The van der Waals surface area contributed by atoms with Crippen LogP contribution in [0.3, 0.4) is 0 Å². The van der Waals surface area contributed by atoms with Crippen molar-refractivity contribution in [1.29, 1.82) is 0 Å². The number of nitrogens with zero attached hydrogens (tertiary/aromatic N) is 1. The second-order valence-corrected chi connectivity index (χ2v) is 4.60. The number of nitrogens with one attached hydrogen (secondary N) is 1. The molecule has 2 heterocycles. The zero-order valence-corrected chi connectivity index (χ0v) is 11.0. The number of hydrogen-bond acceptors (Lipinski definition) is 5. The fourth-order valence-corrected chi connectivity index (χ4v) is 2.21. The second-order valence-electron chi connectivity index (χ2n) is 4.60. The maximum atomic E-state index is 6.07. The Labute approximate surface area is 112 Å². The van der Waals surface area contributed by atoms with Crippen molar-refractivity contribution in [2.45, 2.75) is 19.1 Å². The summed E-state index contributed by atoms with van der Waals surface area (Å²) in [5.74, 6) is 1.24. The Morgan fingerprint density at radius 3 is 2.95 bits per heavy atom. The third-order valence-corrected chi connectivity index (χ3v) is 3.12. The molecule has 0 amide bonds. The minimum atomic E-state index is -0.930. The first-order chi connectivity index (χ1) is 9.34. The Balaban J connectivity index is 1.89. The number of amidine groups is 1. The highest BCUT2D eigenvalue weighted by atomic mass is 16.7. The van der Waals surface area contributed by atoms with Gasteiger partial charge in [-0.05, 0) is 18.6 Å². The summed E-state index contributed by atoms with van der Waals surface area (Å²) in [4.78, 5) is 4.43. The summed E-state index contributed by atoms with van der Waals surface area (Å²) in [7, 11) is 0. The number of fused-ring (bicyclic) bond motifs is 1. The SMILES string of the molecule is CCCOC1(C2=NCCN2)COc2ccccc2O1. The normalized spacial score (nSPS) is 24.8. The standard InChI is InChI=1S/C14H18N2O3/c1-2-9-18-14(13-15-7-8-16-13)10-17-11-5-3-4-6-12(11)19-14/h3-6H,2,7-10H2,1H3,(H,15,16). The largest absolute Gasteiger partial charge is 0.482 e. The lowest BCUT2D eigenvalue weighted by Crippen LogP contribution is -2.57. The van der Waals surface area contributed by atoms with Gasteiger partial charge in [0.2, 0.25) is 0 Å². The number of rotatable bonds is 4. The Bertz CT molecular complexity index is 489. The predicted octanol–water partition coefficient (Wildman–Crippen LogP) is 1.58. The monoisotopic (exact) mass is 262 g/mol. The highest BCUT2D eigenvalue weighted by Crippen LogP contribution is 2.36. The van der Waals surface area contributed by atoms with E-state index in [2.05, 4.69) is 17.2 Å². The van der Waals surface area contributed by atoms with Gasteiger partial charge in [0, 0.05) is 6.54 Å². The summed E-state index contributed by atoms with van der Waals surface area (Å²) in [5.41, 5.74) is 0. The van der Waals surface area contributed by atoms with Crippen LogP contribution in [0.2, 0.25) is 0 Å². The summed E-state index contributed by atoms with van der Waals surface area (Å²) in [6, 6.07) is 7.62. The van der Waals surface area contributed by atoms with Gasteiger partial charge in [0.25, 0.3) is 0 Å². The topological polar surface area (TPSA) is 52.1 Å². The van der Waals surface area contributed by atoms with Crippen LogP contribution in [-0.2, 0) is 4.74 Å². The lowest BCUT2D eigenvalue weighted by Gasteiger charge is -2.37. The lowest BCUT2D eigenvalue weighted by atomic mass is 10.2. The van der Waals surface area contributed by atoms with E-state index in [0.717, 1.165) is 31.1 Å². The fraction of sp³-hybridized carbons (Fsp3) is 0.500. The van der Waals surface area contributed by atoms with E-state index in [4.69, 9.17) is 14.2 Å². The Kier molecular flexibility index (Phi) is 3.29. The minimum absolute atomic E-state index is 0.315. The van der Waals surface area contributed by atoms with Gasteiger partial charge in [0.1, 0.15) is 0 Å². The molecule has 1 aromatic rings. The van der Waals surface area contributed by atoms with Gasteiger partial charge in [-0.1, -0.05) is 19.1 Å². The average molecular weight is 262 g/mol. The molecule has 5 heteroatoms. The summed E-state index contributed by atoms with van der Waals surface area (Å²) in [6.07, 6.45) is 0.917. The smallest absolute Gasteiger partial charge is 0.304 e. The predicted molar refractivity (Wildman–Crippen MR) is 71.8 cm³/mol. The number of benzene rings is 1. The van der Waals surface area contributed by atoms with Crippen molar-refractivity contribution in [3.05, 3.63) is 24.3 Å². The van der Waals surface area contributed by atoms with Crippen LogP contribution in [0.25, 0.3) is 0 Å². The van der Waals surface area contributed by atoms with Gasteiger partial charge in [-0.25, -0.2) is 0 Å². The molecule has 0 fully saturated rings. The van der Waals surface area contributed by atoms with Crippen LogP contribution in [0, 0.1) is 0 Å². The molecule has 1 aromatic carbocycles. The molecule has 0 aliphatic carbocycles. The van der Waals surface area contributed by atoms with Crippen LogP contribution in [0.4, 0.5) is 0 Å². The summed E-state index contributed by atoms with van der Waals surface area (Å²) >= 11 is 0. The van der Waals surface area contributed by atoms with Crippen LogP contribution >= 0.6 is 0 Å². The quantitative estimate of drug-likeness (QED) is 0.895. The van der Waals surface area contributed by atoms with Crippen LogP contribution in [0.1, 0.15) is 13.3 Å². The molecular formula is C14H18N2O3. The van der Waals surface area contributed by atoms with E-state index in [-0.39, 0.29) is 0 Å².